The molecule has 0 radical (unpaired) electrons. The number of carbonyl (C=O) groups excluding carboxylic acids is 2. The first-order valence-corrected chi connectivity index (χ1v) is 12.9. The lowest BCUT2D eigenvalue weighted by atomic mass is 9.95. The molecule has 0 aromatic heterocycles. The topological polar surface area (TPSA) is 92.8 Å². The number of sulfonamides is 1. The Kier molecular flexibility index (Phi) is 6.79. The quantitative estimate of drug-likeness (QED) is 0.593. The van der Waals surface area contributed by atoms with Crippen molar-refractivity contribution in [2.45, 2.75) is 42.9 Å². The molecule has 1 N–H and O–H groups in total. The summed E-state index contributed by atoms with van der Waals surface area (Å²) in [7, 11) is -3.70. The number of amides is 1. The zero-order chi connectivity index (χ0) is 23.6. The normalized spacial score (nSPS) is 20.1. The molecule has 1 amide bonds. The predicted molar refractivity (Wildman–Crippen MR) is 126 cm³/mol. The lowest BCUT2D eigenvalue weighted by Gasteiger charge is -2.31. The Labute approximate surface area is 199 Å². The molecule has 1 unspecified atom stereocenters. The van der Waals surface area contributed by atoms with Crippen LogP contribution in [0.5, 0.6) is 0 Å². The third-order valence-corrected chi connectivity index (χ3v) is 8.46. The largest absolute Gasteiger partial charge is 0.465 e. The van der Waals surface area contributed by atoms with Crippen LogP contribution in [0.2, 0.25) is 5.02 Å². The Hall–Kier alpha value is -2.42. The molecule has 1 saturated heterocycles. The summed E-state index contributed by atoms with van der Waals surface area (Å²) in [6.07, 6.45) is 2.74. The molecule has 33 heavy (non-hydrogen) atoms. The molecule has 1 atom stereocenters. The third kappa shape index (κ3) is 4.93. The first kappa shape index (κ1) is 23.7. The summed E-state index contributed by atoms with van der Waals surface area (Å²) < 4.78 is 32.5. The van der Waals surface area contributed by atoms with E-state index >= 15 is 0 Å². The number of benzene rings is 2. The summed E-state index contributed by atoms with van der Waals surface area (Å²) in [6.45, 7) is 2.64. The predicted octanol–water partition coefficient (Wildman–Crippen LogP) is 3.97. The van der Waals surface area contributed by atoms with E-state index in [1.54, 1.807) is 31.2 Å². The minimum Gasteiger partial charge on any atom is -0.465 e. The Morgan fingerprint density at radius 1 is 1.12 bits per heavy atom. The molecule has 7 nitrogen and oxygen atoms in total. The molecular formula is C24H27ClN2O5S. The van der Waals surface area contributed by atoms with Crippen LogP contribution in [0.4, 0.5) is 5.69 Å². The van der Waals surface area contributed by atoms with Gasteiger partial charge in [-0.2, -0.15) is 4.31 Å². The van der Waals surface area contributed by atoms with Crippen molar-refractivity contribution < 1.29 is 22.7 Å². The van der Waals surface area contributed by atoms with Gasteiger partial charge in [-0.1, -0.05) is 23.7 Å². The second-order valence-corrected chi connectivity index (χ2v) is 10.9. The molecule has 2 aliphatic rings. The average Bonchev–Trinajstić information content (AvgIpc) is 3.62. The molecule has 2 aromatic rings. The second kappa shape index (κ2) is 9.44. The van der Waals surface area contributed by atoms with E-state index in [9.17, 15) is 18.0 Å². The lowest BCUT2D eigenvalue weighted by molar-refractivity contribution is -0.146. The number of hydrogen-bond donors (Lipinski definition) is 1. The fourth-order valence-corrected chi connectivity index (χ4v) is 5.90. The van der Waals surface area contributed by atoms with E-state index in [4.69, 9.17) is 16.3 Å². The van der Waals surface area contributed by atoms with Crippen molar-refractivity contribution >= 4 is 39.2 Å². The number of hydrogen-bond acceptors (Lipinski definition) is 5. The molecule has 2 fully saturated rings. The van der Waals surface area contributed by atoms with E-state index < -0.39 is 21.4 Å². The van der Waals surface area contributed by atoms with Crippen molar-refractivity contribution in [2.24, 2.45) is 5.92 Å². The summed E-state index contributed by atoms with van der Waals surface area (Å²) in [4.78, 5) is 25.3. The van der Waals surface area contributed by atoms with Gasteiger partial charge in [0.05, 0.1) is 22.8 Å². The van der Waals surface area contributed by atoms with E-state index in [1.807, 2.05) is 12.1 Å². The van der Waals surface area contributed by atoms with Gasteiger partial charge in [0.25, 0.3) is 0 Å². The summed E-state index contributed by atoms with van der Waals surface area (Å²) >= 11 is 5.87. The highest BCUT2D eigenvalue weighted by molar-refractivity contribution is 7.89. The molecule has 4 rings (SSSR count). The molecule has 9 heteroatoms. The van der Waals surface area contributed by atoms with E-state index in [1.165, 1.54) is 16.4 Å². The number of anilines is 1. The molecule has 1 aliphatic carbocycles. The van der Waals surface area contributed by atoms with Gasteiger partial charge < -0.3 is 10.1 Å². The maximum absolute atomic E-state index is 13.0. The zero-order valence-corrected chi connectivity index (χ0v) is 20.0. The number of nitrogens with one attached hydrogen (secondary N) is 1. The molecule has 1 aliphatic heterocycles. The average molecular weight is 491 g/mol. The maximum atomic E-state index is 13.0. The summed E-state index contributed by atoms with van der Waals surface area (Å²) in [5, 5.41) is 3.35. The molecule has 0 spiro atoms. The summed E-state index contributed by atoms with van der Waals surface area (Å²) in [5.41, 5.74) is 0.941. The fourth-order valence-electron chi connectivity index (χ4n) is 4.25. The number of piperidine rings is 1. The summed E-state index contributed by atoms with van der Waals surface area (Å²) in [6, 6.07) is 13.3. The van der Waals surface area contributed by atoms with Gasteiger partial charge in [0, 0.05) is 23.8 Å². The monoisotopic (exact) mass is 490 g/mol. The van der Waals surface area contributed by atoms with E-state index in [2.05, 4.69) is 5.32 Å². The van der Waals surface area contributed by atoms with Crippen molar-refractivity contribution in [3.63, 3.8) is 0 Å². The highest BCUT2D eigenvalue weighted by Crippen LogP contribution is 2.49. The number of ether oxygens (including phenoxy) is 1. The van der Waals surface area contributed by atoms with Crippen LogP contribution in [0.25, 0.3) is 0 Å². The number of halogens is 1. The molecule has 1 heterocycles. The van der Waals surface area contributed by atoms with E-state index in [0.29, 0.717) is 36.7 Å². The van der Waals surface area contributed by atoms with Gasteiger partial charge >= 0.3 is 5.97 Å². The Morgan fingerprint density at radius 2 is 1.79 bits per heavy atom. The van der Waals surface area contributed by atoms with Crippen LogP contribution in [0.3, 0.4) is 0 Å². The third-order valence-electron chi connectivity index (χ3n) is 6.33. The van der Waals surface area contributed by atoms with Crippen molar-refractivity contribution in [3.05, 3.63) is 59.1 Å². The van der Waals surface area contributed by atoms with Crippen molar-refractivity contribution in [2.75, 3.05) is 25.0 Å². The number of esters is 1. The van der Waals surface area contributed by atoms with Gasteiger partial charge in [-0.3, -0.25) is 9.59 Å². The van der Waals surface area contributed by atoms with Crippen LogP contribution in [-0.2, 0) is 29.8 Å². The van der Waals surface area contributed by atoms with Crippen LogP contribution in [-0.4, -0.2) is 44.3 Å². The minimum absolute atomic E-state index is 0.126. The standard InChI is InChI=1S/C24H27ClN2O5S/c1-2-32-23(29)24(13-14-24)18-5-9-20(10-6-18)26-22(28)17-4-3-15-27(16-17)33(30,31)21-11-7-19(25)8-12-21/h5-12,17H,2-4,13-16H2,1H3,(H,26,28). The van der Waals surface area contributed by atoms with Crippen LogP contribution in [0.1, 0.15) is 38.2 Å². The molecule has 0 bridgehead atoms. The van der Waals surface area contributed by atoms with Crippen molar-refractivity contribution in [1.29, 1.82) is 0 Å². The Morgan fingerprint density at radius 3 is 2.39 bits per heavy atom. The van der Waals surface area contributed by atoms with Crippen LogP contribution < -0.4 is 5.32 Å². The molecular weight excluding hydrogens is 464 g/mol. The highest BCUT2D eigenvalue weighted by Gasteiger charge is 2.52. The maximum Gasteiger partial charge on any atom is 0.316 e. The Bertz CT molecular complexity index is 1130. The van der Waals surface area contributed by atoms with Gasteiger partial charge in [-0.05, 0) is 74.6 Å². The van der Waals surface area contributed by atoms with Gasteiger partial charge in [0.2, 0.25) is 15.9 Å². The number of nitrogens with zero attached hydrogens (tertiary/aromatic N) is 1. The number of carbonyl (C=O) groups is 2. The van der Waals surface area contributed by atoms with Crippen LogP contribution >= 0.6 is 11.6 Å². The summed E-state index contributed by atoms with van der Waals surface area (Å²) in [5.74, 6) is -0.869. The van der Waals surface area contributed by atoms with Gasteiger partial charge in [0.15, 0.2) is 0 Å². The SMILES string of the molecule is CCOC(=O)C1(c2ccc(NC(=O)C3CCCN(S(=O)(=O)c4ccc(Cl)cc4)C3)cc2)CC1. The van der Waals surface area contributed by atoms with Crippen molar-refractivity contribution in [3.8, 4) is 0 Å². The second-order valence-electron chi connectivity index (χ2n) is 8.53. The fraction of sp³-hybridized carbons (Fsp3) is 0.417. The van der Waals surface area contributed by atoms with Crippen LogP contribution in [0, 0.1) is 5.92 Å². The van der Waals surface area contributed by atoms with Crippen molar-refractivity contribution in [1.82, 2.24) is 4.31 Å². The Balaban J connectivity index is 1.40. The van der Waals surface area contributed by atoms with Gasteiger partial charge in [-0.25, -0.2) is 8.42 Å². The van der Waals surface area contributed by atoms with E-state index in [0.717, 1.165) is 18.4 Å². The molecule has 1 saturated carbocycles. The van der Waals surface area contributed by atoms with Gasteiger partial charge in [0.1, 0.15) is 0 Å². The smallest absolute Gasteiger partial charge is 0.316 e. The van der Waals surface area contributed by atoms with E-state index in [-0.39, 0.29) is 23.3 Å². The van der Waals surface area contributed by atoms with Crippen LogP contribution in [0.15, 0.2) is 53.4 Å². The zero-order valence-electron chi connectivity index (χ0n) is 18.4. The first-order valence-electron chi connectivity index (χ1n) is 11.1. The first-order chi connectivity index (χ1) is 15.8. The lowest BCUT2D eigenvalue weighted by Crippen LogP contribution is -2.43. The minimum atomic E-state index is -3.70. The molecule has 176 valence electrons. The number of rotatable bonds is 7. The molecule has 2 aromatic carbocycles. The highest BCUT2D eigenvalue weighted by atomic mass is 35.5. The van der Waals surface area contributed by atoms with Gasteiger partial charge in [-0.15, -0.1) is 0 Å².